The molecule has 1 fully saturated rings. The van der Waals surface area contributed by atoms with Crippen LogP contribution >= 0.6 is 0 Å². The first-order chi connectivity index (χ1) is 9.31. The Labute approximate surface area is 113 Å². The van der Waals surface area contributed by atoms with E-state index in [-0.39, 0.29) is 0 Å². The molecule has 0 aromatic heterocycles. The normalized spacial score (nSPS) is 14.1. The minimum Gasteiger partial charge on any atom is -0.489 e. The predicted molar refractivity (Wildman–Crippen MR) is 75.6 cm³/mol. The molecule has 3 rings (SSSR count). The van der Waals surface area contributed by atoms with Gasteiger partial charge in [-0.3, -0.25) is 0 Å². The van der Waals surface area contributed by atoms with E-state index in [0.717, 1.165) is 35.5 Å². The van der Waals surface area contributed by atoms with Crippen molar-refractivity contribution in [2.75, 3.05) is 12.3 Å². The van der Waals surface area contributed by atoms with Crippen LogP contribution in [0.1, 0.15) is 12.8 Å². The van der Waals surface area contributed by atoms with E-state index in [1.807, 2.05) is 48.5 Å². The van der Waals surface area contributed by atoms with Crippen molar-refractivity contribution in [3.63, 3.8) is 0 Å². The Morgan fingerprint density at radius 1 is 0.947 bits per heavy atom. The van der Waals surface area contributed by atoms with Gasteiger partial charge in [-0.2, -0.15) is 0 Å². The van der Waals surface area contributed by atoms with Crippen molar-refractivity contribution in [3.8, 4) is 17.2 Å². The van der Waals surface area contributed by atoms with Gasteiger partial charge in [-0.25, -0.2) is 0 Å². The Balaban J connectivity index is 1.73. The zero-order valence-corrected chi connectivity index (χ0v) is 10.7. The summed E-state index contributed by atoms with van der Waals surface area (Å²) in [6.45, 7) is 0.780. The fraction of sp³-hybridized carbons (Fsp3) is 0.250. The van der Waals surface area contributed by atoms with E-state index < -0.39 is 0 Å². The number of nitrogens with two attached hydrogens (primary N) is 1. The maximum atomic E-state index is 5.84. The van der Waals surface area contributed by atoms with Gasteiger partial charge in [-0.15, -0.1) is 0 Å². The topological polar surface area (TPSA) is 44.5 Å². The Morgan fingerprint density at radius 3 is 2.32 bits per heavy atom. The molecule has 2 aromatic carbocycles. The molecule has 0 unspecified atom stereocenters. The number of hydrogen-bond donors (Lipinski definition) is 1. The first-order valence-electron chi connectivity index (χ1n) is 6.56. The third-order valence-electron chi connectivity index (χ3n) is 3.13. The van der Waals surface area contributed by atoms with Gasteiger partial charge >= 0.3 is 0 Å². The molecule has 3 heteroatoms. The minimum atomic E-state index is 0.726. The van der Waals surface area contributed by atoms with E-state index in [2.05, 4.69) is 0 Å². The lowest BCUT2D eigenvalue weighted by Crippen LogP contribution is -2.00. The highest BCUT2D eigenvalue weighted by Crippen LogP contribution is 2.34. The second-order valence-electron chi connectivity index (χ2n) is 4.87. The zero-order valence-electron chi connectivity index (χ0n) is 10.7. The third kappa shape index (κ3) is 3.19. The molecule has 1 aliphatic rings. The first kappa shape index (κ1) is 11.9. The number of ether oxygens (including phenoxy) is 2. The van der Waals surface area contributed by atoms with E-state index in [1.54, 1.807) is 0 Å². The molecule has 2 aromatic rings. The summed E-state index contributed by atoms with van der Waals surface area (Å²) < 4.78 is 11.6. The second kappa shape index (κ2) is 5.22. The molecule has 3 nitrogen and oxygen atoms in total. The average Bonchev–Trinajstić information content (AvgIpc) is 3.25. The predicted octanol–water partition coefficient (Wildman–Crippen LogP) is 3.85. The van der Waals surface area contributed by atoms with E-state index in [4.69, 9.17) is 15.2 Å². The van der Waals surface area contributed by atoms with Crippen LogP contribution in [0.3, 0.4) is 0 Å². The molecule has 0 spiro atoms. The van der Waals surface area contributed by atoms with Crippen LogP contribution in [-0.2, 0) is 0 Å². The van der Waals surface area contributed by atoms with Crippen LogP contribution in [0.15, 0.2) is 48.5 Å². The van der Waals surface area contributed by atoms with Crippen molar-refractivity contribution in [2.45, 2.75) is 12.8 Å². The molecule has 1 aliphatic carbocycles. The molecule has 2 N–H and O–H groups in total. The van der Waals surface area contributed by atoms with Crippen LogP contribution in [-0.4, -0.2) is 6.61 Å². The van der Waals surface area contributed by atoms with Crippen LogP contribution in [0.5, 0.6) is 17.2 Å². The summed E-state index contributed by atoms with van der Waals surface area (Å²) in [6, 6.07) is 15.1. The molecule has 0 bridgehead atoms. The van der Waals surface area contributed by atoms with Crippen molar-refractivity contribution in [1.29, 1.82) is 0 Å². The standard InChI is InChI=1S/C16H17NO2/c17-13-7-9-14(10-8-13)19-16-4-2-1-3-15(16)18-11-12-5-6-12/h1-4,7-10,12H,5-6,11,17H2. The molecular formula is C16H17NO2. The highest BCUT2D eigenvalue weighted by molar-refractivity contribution is 5.46. The average molecular weight is 255 g/mol. The summed E-state index contributed by atoms with van der Waals surface area (Å²) in [6.07, 6.45) is 2.56. The SMILES string of the molecule is Nc1ccc(Oc2ccccc2OCC2CC2)cc1. The van der Waals surface area contributed by atoms with Crippen molar-refractivity contribution >= 4 is 5.69 Å². The van der Waals surface area contributed by atoms with Crippen LogP contribution < -0.4 is 15.2 Å². The van der Waals surface area contributed by atoms with Crippen LogP contribution in [0, 0.1) is 5.92 Å². The molecule has 98 valence electrons. The molecule has 19 heavy (non-hydrogen) atoms. The van der Waals surface area contributed by atoms with Gasteiger partial charge in [0.25, 0.3) is 0 Å². The van der Waals surface area contributed by atoms with Gasteiger partial charge in [-0.05, 0) is 55.2 Å². The lowest BCUT2D eigenvalue weighted by atomic mass is 10.3. The highest BCUT2D eigenvalue weighted by Gasteiger charge is 2.22. The number of benzene rings is 2. The van der Waals surface area contributed by atoms with Gasteiger partial charge < -0.3 is 15.2 Å². The highest BCUT2D eigenvalue weighted by atomic mass is 16.5. The molecule has 0 saturated heterocycles. The lowest BCUT2D eigenvalue weighted by Gasteiger charge is -2.12. The quantitative estimate of drug-likeness (QED) is 0.825. The summed E-state index contributed by atoms with van der Waals surface area (Å²) in [5.74, 6) is 3.03. The van der Waals surface area contributed by atoms with Gasteiger partial charge in [0, 0.05) is 5.69 Å². The summed E-state index contributed by atoms with van der Waals surface area (Å²) in [5, 5.41) is 0. The van der Waals surface area contributed by atoms with Crippen LogP contribution in [0.25, 0.3) is 0 Å². The van der Waals surface area contributed by atoms with E-state index in [9.17, 15) is 0 Å². The maximum absolute atomic E-state index is 5.84. The third-order valence-corrected chi connectivity index (χ3v) is 3.13. The van der Waals surface area contributed by atoms with Crippen molar-refractivity contribution in [1.82, 2.24) is 0 Å². The number of hydrogen-bond acceptors (Lipinski definition) is 3. The van der Waals surface area contributed by atoms with Gasteiger partial charge in [0.15, 0.2) is 11.5 Å². The molecule has 1 saturated carbocycles. The number of para-hydroxylation sites is 2. The number of anilines is 1. The Bertz CT molecular complexity index is 547. The Hall–Kier alpha value is -2.16. The molecule has 0 atom stereocenters. The maximum Gasteiger partial charge on any atom is 0.169 e. The van der Waals surface area contributed by atoms with Gasteiger partial charge in [-0.1, -0.05) is 12.1 Å². The second-order valence-corrected chi connectivity index (χ2v) is 4.87. The van der Waals surface area contributed by atoms with Gasteiger partial charge in [0.2, 0.25) is 0 Å². The molecular weight excluding hydrogens is 238 g/mol. The Kier molecular flexibility index (Phi) is 3.27. The van der Waals surface area contributed by atoms with Gasteiger partial charge in [0.1, 0.15) is 5.75 Å². The molecule has 0 amide bonds. The summed E-state index contributed by atoms with van der Waals surface area (Å²) >= 11 is 0. The summed E-state index contributed by atoms with van der Waals surface area (Å²) in [5.41, 5.74) is 6.39. The first-order valence-corrected chi connectivity index (χ1v) is 6.56. The summed E-state index contributed by atoms with van der Waals surface area (Å²) in [4.78, 5) is 0. The zero-order chi connectivity index (χ0) is 13.1. The van der Waals surface area contributed by atoms with E-state index >= 15 is 0 Å². The van der Waals surface area contributed by atoms with Crippen LogP contribution in [0.2, 0.25) is 0 Å². The van der Waals surface area contributed by atoms with E-state index in [1.165, 1.54) is 12.8 Å². The monoisotopic (exact) mass is 255 g/mol. The molecule has 0 radical (unpaired) electrons. The van der Waals surface area contributed by atoms with Gasteiger partial charge in [0.05, 0.1) is 6.61 Å². The molecule has 0 heterocycles. The number of rotatable bonds is 5. The molecule has 0 aliphatic heterocycles. The van der Waals surface area contributed by atoms with Crippen molar-refractivity contribution in [3.05, 3.63) is 48.5 Å². The van der Waals surface area contributed by atoms with Crippen molar-refractivity contribution < 1.29 is 9.47 Å². The minimum absolute atomic E-state index is 0.726. The van der Waals surface area contributed by atoms with Crippen LogP contribution in [0.4, 0.5) is 5.69 Å². The smallest absolute Gasteiger partial charge is 0.169 e. The van der Waals surface area contributed by atoms with E-state index in [0.29, 0.717) is 0 Å². The Morgan fingerprint density at radius 2 is 1.63 bits per heavy atom. The number of nitrogen functional groups attached to an aromatic ring is 1. The van der Waals surface area contributed by atoms with Crippen molar-refractivity contribution in [2.24, 2.45) is 5.92 Å². The largest absolute Gasteiger partial charge is 0.489 e. The lowest BCUT2D eigenvalue weighted by molar-refractivity contribution is 0.286. The fourth-order valence-electron chi connectivity index (χ4n) is 1.81. The summed E-state index contributed by atoms with van der Waals surface area (Å²) in [7, 11) is 0. The fourth-order valence-corrected chi connectivity index (χ4v) is 1.81.